The van der Waals surface area contributed by atoms with Crippen molar-refractivity contribution >= 4 is 11.8 Å². The highest BCUT2D eigenvalue weighted by atomic mass is 19.1. The summed E-state index contributed by atoms with van der Waals surface area (Å²) in [5.74, 6) is -0.934. The van der Waals surface area contributed by atoms with Crippen LogP contribution in [-0.4, -0.2) is 53.8 Å². The van der Waals surface area contributed by atoms with Crippen LogP contribution in [0.5, 0.6) is 0 Å². The molecule has 1 saturated heterocycles. The summed E-state index contributed by atoms with van der Waals surface area (Å²) in [6, 6.07) is 18.0. The third-order valence-electron chi connectivity index (χ3n) is 6.09. The molecule has 1 aliphatic rings. The molecule has 0 spiro atoms. The highest BCUT2D eigenvalue weighted by Gasteiger charge is 2.47. The van der Waals surface area contributed by atoms with Crippen LogP contribution < -0.4 is 0 Å². The Morgan fingerprint density at radius 1 is 1.03 bits per heavy atom. The monoisotopic (exact) mass is 431 g/mol. The maximum absolute atomic E-state index is 14.2. The molecule has 3 aromatic rings. The Balaban J connectivity index is 1.62. The third-order valence-corrected chi connectivity index (χ3v) is 6.09. The molecule has 0 radical (unpaired) electrons. The van der Waals surface area contributed by atoms with Crippen LogP contribution in [0, 0.1) is 11.2 Å². The molecule has 1 atom stereocenters. The average molecular weight is 432 g/mol. The SMILES string of the molecule is CN(C)C(=O)[C@]1(Cc2cccc(-c3ccncc3)c2)CCN(C(=O)c2ccccc2F)C1. The Labute approximate surface area is 187 Å². The van der Waals surface area contributed by atoms with Crippen LogP contribution in [-0.2, 0) is 11.2 Å². The summed E-state index contributed by atoms with van der Waals surface area (Å²) in [7, 11) is 3.47. The number of amides is 2. The summed E-state index contributed by atoms with van der Waals surface area (Å²) in [6.07, 6.45) is 4.54. The first-order valence-corrected chi connectivity index (χ1v) is 10.6. The van der Waals surface area contributed by atoms with E-state index >= 15 is 0 Å². The molecule has 4 rings (SSSR count). The molecule has 32 heavy (non-hydrogen) atoms. The van der Waals surface area contributed by atoms with Crippen LogP contribution in [0.15, 0.2) is 73.1 Å². The topological polar surface area (TPSA) is 53.5 Å². The molecule has 164 valence electrons. The van der Waals surface area contributed by atoms with Crippen LogP contribution in [0.1, 0.15) is 22.3 Å². The van der Waals surface area contributed by atoms with Gasteiger partial charge in [-0.1, -0.05) is 36.4 Å². The minimum absolute atomic E-state index is 0.0179. The lowest BCUT2D eigenvalue weighted by atomic mass is 9.79. The molecule has 0 saturated carbocycles. The third kappa shape index (κ3) is 4.26. The van der Waals surface area contributed by atoms with Crippen molar-refractivity contribution in [3.8, 4) is 11.1 Å². The Morgan fingerprint density at radius 2 is 1.78 bits per heavy atom. The fourth-order valence-corrected chi connectivity index (χ4v) is 4.52. The smallest absolute Gasteiger partial charge is 0.256 e. The molecule has 1 aliphatic heterocycles. The Bertz CT molecular complexity index is 1130. The van der Waals surface area contributed by atoms with Gasteiger partial charge in [0.2, 0.25) is 5.91 Å². The zero-order chi connectivity index (χ0) is 22.7. The lowest BCUT2D eigenvalue weighted by molar-refractivity contribution is -0.138. The summed E-state index contributed by atoms with van der Waals surface area (Å²) in [6.45, 7) is 0.674. The van der Waals surface area contributed by atoms with Crippen molar-refractivity contribution in [1.82, 2.24) is 14.8 Å². The van der Waals surface area contributed by atoms with Gasteiger partial charge in [0.15, 0.2) is 0 Å². The minimum atomic E-state index is -0.749. The lowest BCUT2D eigenvalue weighted by Crippen LogP contribution is -2.44. The van der Waals surface area contributed by atoms with E-state index in [1.54, 1.807) is 48.4 Å². The van der Waals surface area contributed by atoms with Crippen LogP contribution in [0.25, 0.3) is 11.1 Å². The van der Waals surface area contributed by atoms with E-state index < -0.39 is 11.2 Å². The maximum Gasteiger partial charge on any atom is 0.256 e. The van der Waals surface area contributed by atoms with Gasteiger partial charge in [-0.3, -0.25) is 14.6 Å². The molecule has 6 heteroatoms. The largest absolute Gasteiger partial charge is 0.348 e. The van der Waals surface area contributed by atoms with Crippen molar-refractivity contribution in [3.63, 3.8) is 0 Å². The fraction of sp³-hybridized carbons (Fsp3) is 0.269. The zero-order valence-corrected chi connectivity index (χ0v) is 18.3. The van der Waals surface area contributed by atoms with Crippen molar-refractivity contribution in [3.05, 3.63) is 90.0 Å². The number of pyridine rings is 1. The van der Waals surface area contributed by atoms with E-state index in [1.807, 2.05) is 30.3 Å². The second-order valence-corrected chi connectivity index (χ2v) is 8.55. The number of carbonyl (C=O) groups is 2. The van der Waals surface area contributed by atoms with Gasteiger partial charge in [-0.15, -0.1) is 0 Å². The van der Waals surface area contributed by atoms with Gasteiger partial charge in [0, 0.05) is 39.6 Å². The van der Waals surface area contributed by atoms with Crippen molar-refractivity contribution < 1.29 is 14.0 Å². The van der Waals surface area contributed by atoms with E-state index in [-0.39, 0.29) is 23.9 Å². The van der Waals surface area contributed by atoms with Gasteiger partial charge < -0.3 is 9.80 Å². The van der Waals surface area contributed by atoms with Crippen LogP contribution in [0.2, 0.25) is 0 Å². The van der Waals surface area contributed by atoms with Crippen molar-refractivity contribution in [2.45, 2.75) is 12.8 Å². The van der Waals surface area contributed by atoms with Crippen molar-refractivity contribution in [1.29, 1.82) is 0 Å². The number of hydrogen-bond acceptors (Lipinski definition) is 3. The average Bonchev–Trinajstić information content (AvgIpc) is 3.24. The van der Waals surface area contributed by atoms with E-state index in [9.17, 15) is 14.0 Å². The van der Waals surface area contributed by atoms with E-state index in [2.05, 4.69) is 11.1 Å². The highest BCUT2D eigenvalue weighted by Crippen LogP contribution is 2.37. The normalized spacial score (nSPS) is 17.9. The number of hydrogen-bond donors (Lipinski definition) is 0. The lowest BCUT2D eigenvalue weighted by Gasteiger charge is -2.31. The second-order valence-electron chi connectivity index (χ2n) is 8.55. The molecular weight excluding hydrogens is 405 g/mol. The van der Waals surface area contributed by atoms with E-state index in [4.69, 9.17) is 0 Å². The Morgan fingerprint density at radius 3 is 2.50 bits per heavy atom. The zero-order valence-electron chi connectivity index (χ0n) is 18.3. The maximum atomic E-state index is 14.2. The number of carbonyl (C=O) groups excluding carboxylic acids is 2. The molecule has 0 aliphatic carbocycles. The number of rotatable bonds is 5. The Hall–Kier alpha value is -3.54. The molecule has 1 fully saturated rings. The molecule has 0 N–H and O–H groups in total. The predicted molar refractivity (Wildman–Crippen MR) is 121 cm³/mol. The van der Waals surface area contributed by atoms with E-state index in [0.717, 1.165) is 16.7 Å². The summed E-state index contributed by atoms with van der Waals surface area (Å²) in [5, 5.41) is 0. The summed E-state index contributed by atoms with van der Waals surface area (Å²) in [4.78, 5) is 33.6. The quantitative estimate of drug-likeness (QED) is 0.612. The minimum Gasteiger partial charge on any atom is -0.348 e. The van der Waals surface area contributed by atoms with Crippen molar-refractivity contribution in [2.24, 2.45) is 5.41 Å². The fourth-order valence-electron chi connectivity index (χ4n) is 4.52. The molecule has 2 heterocycles. The number of benzene rings is 2. The van der Waals surface area contributed by atoms with Gasteiger partial charge in [-0.25, -0.2) is 4.39 Å². The van der Waals surface area contributed by atoms with Gasteiger partial charge >= 0.3 is 0 Å². The first-order valence-electron chi connectivity index (χ1n) is 10.6. The standard InChI is InChI=1S/C26H26FN3O2/c1-29(2)25(32)26(12-15-30(18-26)24(31)22-8-3-4-9-23(22)27)17-19-6-5-7-21(16-19)20-10-13-28-14-11-20/h3-11,13-14,16H,12,15,17-18H2,1-2H3/t26-/m0/s1. The van der Waals surface area contributed by atoms with Gasteiger partial charge in [0.1, 0.15) is 5.82 Å². The number of aromatic nitrogens is 1. The molecule has 0 bridgehead atoms. The van der Waals surface area contributed by atoms with E-state index in [0.29, 0.717) is 19.4 Å². The van der Waals surface area contributed by atoms with Gasteiger partial charge in [0.25, 0.3) is 5.91 Å². The van der Waals surface area contributed by atoms with Gasteiger partial charge in [-0.05, 0) is 53.8 Å². The van der Waals surface area contributed by atoms with E-state index in [1.165, 1.54) is 12.1 Å². The molecular formula is C26H26FN3O2. The van der Waals surface area contributed by atoms with Gasteiger partial charge in [0.05, 0.1) is 11.0 Å². The van der Waals surface area contributed by atoms with Crippen LogP contribution in [0.3, 0.4) is 0 Å². The highest BCUT2D eigenvalue weighted by molar-refractivity contribution is 5.95. The number of halogens is 1. The van der Waals surface area contributed by atoms with Crippen LogP contribution >= 0.6 is 0 Å². The molecule has 2 aromatic carbocycles. The Kier molecular flexibility index (Phi) is 6.04. The number of likely N-dealkylation sites (tertiary alicyclic amines) is 1. The molecule has 5 nitrogen and oxygen atoms in total. The second kappa shape index (κ2) is 8.91. The first kappa shape index (κ1) is 21.7. The summed E-state index contributed by atoms with van der Waals surface area (Å²) in [5.41, 5.74) is 2.42. The summed E-state index contributed by atoms with van der Waals surface area (Å²) >= 11 is 0. The van der Waals surface area contributed by atoms with Gasteiger partial charge in [-0.2, -0.15) is 0 Å². The summed E-state index contributed by atoms with van der Waals surface area (Å²) < 4.78 is 14.2. The predicted octanol–water partition coefficient (Wildman–Crippen LogP) is 4.05. The molecule has 0 unspecified atom stereocenters. The first-order chi connectivity index (χ1) is 15.4. The van der Waals surface area contributed by atoms with Crippen molar-refractivity contribution in [2.75, 3.05) is 27.2 Å². The molecule has 1 aromatic heterocycles. The van der Waals surface area contributed by atoms with Crippen LogP contribution in [0.4, 0.5) is 4.39 Å². The number of nitrogens with zero attached hydrogens (tertiary/aromatic N) is 3. The molecule has 2 amide bonds.